The fourth-order valence-electron chi connectivity index (χ4n) is 2.11. The van der Waals surface area contributed by atoms with Gasteiger partial charge in [0.1, 0.15) is 5.82 Å². The monoisotopic (exact) mass is 317 g/mol. The van der Waals surface area contributed by atoms with Gasteiger partial charge in [0.25, 0.3) is 0 Å². The Morgan fingerprint density at radius 2 is 1.90 bits per heavy atom. The van der Waals surface area contributed by atoms with E-state index in [1.807, 2.05) is 13.8 Å². The van der Waals surface area contributed by atoms with Crippen LogP contribution in [-0.2, 0) is 10.0 Å². The zero-order valence-electron chi connectivity index (χ0n) is 12.5. The Kier molecular flexibility index (Phi) is 5.47. The molecule has 0 spiro atoms. The molecular weight excluding hydrogens is 297 g/mol. The molecule has 1 aromatic carbocycles. The van der Waals surface area contributed by atoms with Crippen molar-refractivity contribution in [2.75, 3.05) is 7.05 Å². The summed E-state index contributed by atoms with van der Waals surface area (Å²) < 4.78 is 39.5. The molecule has 21 heavy (non-hydrogen) atoms. The molecule has 0 bridgehead atoms. The summed E-state index contributed by atoms with van der Waals surface area (Å²) in [7, 11) is -2.70. The summed E-state index contributed by atoms with van der Waals surface area (Å²) in [5.74, 6) is -1.91. The van der Waals surface area contributed by atoms with Gasteiger partial charge in [0.15, 0.2) is 0 Å². The zero-order valence-corrected chi connectivity index (χ0v) is 13.3. The van der Waals surface area contributed by atoms with Crippen molar-refractivity contribution in [1.29, 1.82) is 0 Å². The summed E-state index contributed by atoms with van der Waals surface area (Å²) in [6.07, 6.45) is 0.619. The molecule has 1 unspecified atom stereocenters. The van der Waals surface area contributed by atoms with Crippen molar-refractivity contribution in [2.24, 2.45) is 5.92 Å². The number of hydrogen-bond donors (Lipinski definition) is 1. The molecule has 0 aliphatic carbocycles. The number of halogens is 1. The van der Waals surface area contributed by atoms with E-state index < -0.39 is 32.3 Å². The number of nitrogens with zero attached hydrogens (tertiary/aromatic N) is 1. The van der Waals surface area contributed by atoms with Crippen LogP contribution in [0.25, 0.3) is 0 Å². The molecule has 0 fully saturated rings. The van der Waals surface area contributed by atoms with Gasteiger partial charge in [0.2, 0.25) is 10.0 Å². The van der Waals surface area contributed by atoms with Crippen LogP contribution in [0.4, 0.5) is 4.39 Å². The molecule has 1 rings (SSSR count). The largest absolute Gasteiger partial charge is 0.478 e. The van der Waals surface area contributed by atoms with E-state index in [2.05, 4.69) is 0 Å². The Morgan fingerprint density at radius 3 is 2.38 bits per heavy atom. The predicted molar refractivity (Wildman–Crippen MR) is 77.2 cm³/mol. The highest BCUT2D eigenvalue weighted by atomic mass is 32.2. The summed E-state index contributed by atoms with van der Waals surface area (Å²) in [5, 5.41) is 9.08. The van der Waals surface area contributed by atoms with Crippen molar-refractivity contribution in [3.05, 3.63) is 29.6 Å². The normalized spacial score (nSPS) is 13.7. The molecule has 5 nitrogen and oxygen atoms in total. The second-order valence-corrected chi connectivity index (χ2v) is 7.41. The lowest BCUT2D eigenvalue weighted by Crippen LogP contribution is -2.36. The Bertz CT molecular complexity index is 628. The van der Waals surface area contributed by atoms with Gasteiger partial charge < -0.3 is 5.11 Å². The van der Waals surface area contributed by atoms with Gasteiger partial charge in [-0.1, -0.05) is 13.8 Å². The molecule has 118 valence electrons. The fraction of sp³-hybridized carbons (Fsp3) is 0.500. The summed E-state index contributed by atoms with van der Waals surface area (Å²) in [6.45, 7) is 5.65. The standard InChI is InChI=1S/C14H20FNO4S/c1-9(2)7-10(3)16(4)21(19,20)13-8-11(15)5-6-12(13)14(17)18/h5-6,8-10H,7H2,1-4H3,(H,17,18). The van der Waals surface area contributed by atoms with Crippen LogP contribution in [0.5, 0.6) is 0 Å². The molecular formula is C14H20FNO4S. The first-order valence-corrected chi connectivity index (χ1v) is 8.02. The predicted octanol–water partition coefficient (Wildman–Crippen LogP) is 2.58. The van der Waals surface area contributed by atoms with Crippen LogP contribution in [0.1, 0.15) is 37.6 Å². The number of rotatable bonds is 6. The highest BCUT2D eigenvalue weighted by molar-refractivity contribution is 7.89. The smallest absolute Gasteiger partial charge is 0.337 e. The van der Waals surface area contributed by atoms with Gasteiger partial charge >= 0.3 is 5.97 Å². The minimum atomic E-state index is -4.07. The second-order valence-electron chi connectivity index (χ2n) is 5.45. The highest BCUT2D eigenvalue weighted by Gasteiger charge is 2.30. The zero-order chi connectivity index (χ0) is 16.4. The van der Waals surface area contributed by atoms with E-state index in [0.717, 1.165) is 22.5 Å². The molecule has 0 aromatic heterocycles. The molecule has 0 radical (unpaired) electrons. The van der Waals surface area contributed by atoms with Crippen molar-refractivity contribution >= 4 is 16.0 Å². The highest BCUT2D eigenvalue weighted by Crippen LogP contribution is 2.24. The second kappa shape index (κ2) is 6.53. The molecule has 0 saturated carbocycles. The van der Waals surface area contributed by atoms with Crippen LogP contribution in [0, 0.1) is 11.7 Å². The van der Waals surface area contributed by atoms with Gasteiger partial charge in [-0.2, -0.15) is 4.31 Å². The average Bonchev–Trinajstić information content (AvgIpc) is 2.36. The molecule has 1 aromatic rings. The lowest BCUT2D eigenvalue weighted by Gasteiger charge is -2.26. The maximum atomic E-state index is 13.3. The van der Waals surface area contributed by atoms with E-state index in [-0.39, 0.29) is 12.0 Å². The third kappa shape index (κ3) is 4.01. The molecule has 0 amide bonds. The van der Waals surface area contributed by atoms with E-state index in [9.17, 15) is 17.6 Å². The minimum absolute atomic E-state index is 0.282. The summed E-state index contributed by atoms with van der Waals surface area (Å²) >= 11 is 0. The number of sulfonamides is 1. The summed E-state index contributed by atoms with van der Waals surface area (Å²) in [4.78, 5) is 10.6. The van der Waals surface area contributed by atoms with Gasteiger partial charge in [0, 0.05) is 13.1 Å². The average molecular weight is 317 g/mol. The molecule has 0 aliphatic heterocycles. The number of carboxylic acids is 1. The first-order valence-electron chi connectivity index (χ1n) is 6.58. The third-order valence-corrected chi connectivity index (χ3v) is 5.28. The Labute approximate surface area is 124 Å². The van der Waals surface area contributed by atoms with E-state index in [4.69, 9.17) is 5.11 Å². The Morgan fingerprint density at radius 1 is 1.33 bits per heavy atom. The third-order valence-electron chi connectivity index (χ3n) is 3.26. The van der Waals surface area contributed by atoms with E-state index >= 15 is 0 Å². The number of hydrogen-bond acceptors (Lipinski definition) is 3. The molecule has 0 aliphatic rings. The van der Waals surface area contributed by atoms with Gasteiger partial charge in [0.05, 0.1) is 10.5 Å². The number of benzene rings is 1. The lowest BCUT2D eigenvalue weighted by atomic mass is 10.1. The molecule has 0 saturated heterocycles. The van der Waals surface area contributed by atoms with Crippen LogP contribution >= 0.6 is 0 Å². The number of carboxylic acid groups (broad SMARTS) is 1. The topological polar surface area (TPSA) is 74.7 Å². The lowest BCUT2D eigenvalue weighted by molar-refractivity contribution is 0.0692. The first-order chi connectivity index (χ1) is 9.57. The number of carbonyl (C=O) groups is 1. The van der Waals surface area contributed by atoms with Crippen molar-refractivity contribution in [3.8, 4) is 0 Å². The van der Waals surface area contributed by atoms with E-state index in [0.29, 0.717) is 6.42 Å². The summed E-state index contributed by atoms with van der Waals surface area (Å²) in [5.41, 5.74) is -0.431. The fourth-order valence-corrected chi connectivity index (χ4v) is 3.67. The van der Waals surface area contributed by atoms with Crippen LogP contribution in [0.15, 0.2) is 23.1 Å². The van der Waals surface area contributed by atoms with Gasteiger partial charge in [-0.25, -0.2) is 17.6 Å². The molecule has 7 heteroatoms. The minimum Gasteiger partial charge on any atom is -0.478 e. The van der Waals surface area contributed by atoms with Crippen molar-refractivity contribution < 1.29 is 22.7 Å². The number of aromatic carboxylic acids is 1. The van der Waals surface area contributed by atoms with Crippen LogP contribution in [0.2, 0.25) is 0 Å². The quantitative estimate of drug-likeness (QED) is 0.875. The van der Waals surface area contributed by atoms with Crippen LogP contribution < -0.4 is 0 Å². The van der Waals surface area contributed by atoms with Crippen LogP contribution in [-0.4, -0.2) is 36.9 Å². The first kappa shape index (κ1) is 17.6. The maximum absolute atomic E-state index is 13.3. The molecule has 0 heterocycles. The SMILES string of the molecule is CC(C)CC(C)N(C)S(=O)(=O)c1cc(F)ccc1C(=O)O. The molecule has 1 atom stereocenters. The Hall–Kier alpha value is -1.47. The maximum Gasteiger partial charge on any atom is 0.337 e. The van der Waals surface area contributed by atoms with Crippen molar-refractivity contribution in [1.82, 2.24) is 4.31 Å². The van der Waals surface area contributed by atoms with Crippen molar-refractivity contribution in [3.63, 3.8) is 0 Å². The van der Waals surface area contributed by atoms with Gasteiger partial charge in [-0.3, -0.25) is 0 Å². The van der Waals surface area contributed by atoms with E-state index in [1.54, 1.807) is 6.92 Å². The van der Waals surface area contributed by atoms with Crippen molar-refractivity contribution in [2.45, 2.75) is 38.1 Å². The molecule has 1 N–H and O–H groups in total. The van der Waals surface area contributed by atoms with Crippen LogP contribution in [0.3, 0.4) is 0 Å². The van der Waals surface area contributed by atoms with E-state index in [1.165, 1.54) is 7.05 Å². The summed E-state index contributed by atoms with van der Waals surface area (Å²) in [6, 6.07) is 2.32. The van der Waals surface area contributed by atoms with Gasteiger partial charge in [-0.15, -0.1) is 0 Å². The van der Waals surface area contributed by atoms with Gasteiger partial charge in [-0.05, 0) is 37.5 Å². The Balaban J connectivity index is 3.30.